The molecule has 4 aromatic rings. The zero-order valence-electron chi connectivity index (χ0n) is 15.0. The lowest BCUT2D eigenvalue weighted by Gasteiger charge is -2.10. The first-order valence-corrected chi connectivity index (χ1v) is 8.87. The molecule has 2 aromatic carbocycles. The second kappa shape index (κ2) is 7.92. The van der Waals surface area contributed by atoms with Crippen LogP contribution in [0.1, 0.15) is 21.7 Å². The van der Waals surface area contributed by atoms with Gasteiger partial charge < -0.3 is 9.73 Å². The second-order valence-electron chi connectivity index (χ2n) is 6.33. The Morgan fingerprint density at radius 2 is 1.79 bits per heavy atom. The molecule has 5 nitrogen and oxygen atoms in total. The molecule has 2 aromatic heterocycles. The summed E-state index contributed by atoms with van der Waals surface area (Å²) in [5.41, 5.74) is 2.81. The van der Waals surface area contributed by atoms with Crippen LogP contribution in [0.3, 0.4) is 0 Å². The van der Waals surface area contributed by atoms with Gasteiger partial charge in [-0.05, 0) is 53.6 Å². The first-order valence-electron chi connectivity index (χ1n) is 8.87. The zero-order chi connectivity index (χ0) is 19.3. The monoisotopic (exact) mass is 375 g/mol. The third kappa shape index (κ3) is 4.01. The molecular formula is C22H18FN3O2. The molecule has 1 N–H and O–H groups in total. The summed E-state index contributed by atoms with van der Waals surface area (Å²) in [7, 11) is 0. The summed E-state index contributed by atoms with van der Waals surface area (Å²) in [5, 5.41) is 7.11. The molecule has 0 saturated carbocycles. The number of hydrogen-bond acceptors (Lipinski definition) is 3. The maximum absolute atomic E-state index is 13.0. The number of nitrogens with one attached hydrogen (secondary N) is 1. The Morgan fingerprint density at radius 1 is 1.00 bits per heavy atom. The van der Waals surface area contributed by atoms with E-state index < -0.39 is 0 Å². The summed E-state index contributed by atoms with van der Waals surface area (Å²) in [5.74, 6) is 0.109. The highest BCUT2D eigenvalue weighted by Crippen LogP contribution is 2.22. The number of aromatic nitrogens is 2. The molecule has 0 radical (unpaired) electrons. The van der Waals surface area contributed by atoms with E-state index in [0.717, 1.165) is 11.1 Å². The minimum Gasteiger partial charge on any atom is -0.451 e. The number of amides is 1. The van der Waals surface area contributed by atoms with Crippen LogP contribution in [0.5, 0.6) is 0 Å². The lowest BCUT2D eigenvalue weighted by molar-refractivity contribution is 0.0924. The predicted molar refractivity (Wildman–Crippen MR) is 103 cm³/mol. The Bertz CT molecular complexity index is 1070. The van der Waals surface area contributed by atoms with Gasteiger partial charge in [0.25, 0.3) is 5.91 Å². The summed E-state index contributed by atoms with van der Waals surface area (Å²) < 4.78 is 20.5. The number of halogens is 1. The smallest absolute Gasteiger partial charge is 0.287 e. The molecule has 28 heavy (non-hydrogen) atoms. The van der Waals surface area contributed by atoms with Crippen molar-refractivity contribution < 1.29 is 13.6 Å². The number of carbonyl (C=O) groups is 1. The van der Waals surface area contributed by atoms with Gasteiger partial charge in [0.15, 0.2) is 5.76 Å². The molecular weight excluding hydrogens is 357 g/mol. The van der Waals surface area contributed by atoms with Crippen molar-refractivity contribution in [2.45, 2.75) is 13.1 Å². The number of rotatable bonds is 6. The quantitative estimate of drug-likeness (QED) is 0.548. The fourth-order valence-electron chi connectivity index (χ4n) is 2.94. The maximum atomic E-state index is 13.0. The summed E-state index contributed by atoms with van der Waals surface area (Å²) in [4.78, 5) is 12.5. The number of carbonyl (C=O) groups excluding carboxylic acids is 1. The van der Waals surface area contributed by atoms with Crippen molar-refractivity contribution >= 4 is 5.91 Å². The highest BCUT2D eigenvalue weighted by Gasteiger charge is 2.13. The fraction of sp³-hybridized carbons (Fsp3) is 0.0909. The molecule has 0 aliphatic rings. The Morgan fingerprint density at radius 3 is 2.54 bits per heavy atom. The van der Waals surface area contributed by atoms with Crippen molar-refractivity contribution in [1.82, 2.24) is 15.1 Å². The van der Waals surface area contributed by atoms with E-state index in [1.54, 1.807) is 30.5 Å². The number of furan rings is 1. The molecule has 0 fully saturated rings. The molecule has 0 aliphatic carbocycles. The van der Waals surface area contributed by atoms with Crippen LogP contribution in [0.2, 0.25) is 0 Å². The van der Waals surface area contributed by atoms with Crippen molar-refractivity contribution in [3.63, 3.8) is 0 Å². The van der Waals surface area contributed by atoms with Crippen LogP contribution in [0, 0.1) is 5.82 Å². The van der Waals surface area contributed by atoms with E-state index in [1.165, 1.54) is 12.1 Å². The summed E-state index contributed by atoms with van der Waals surface area (Å²) >= 11 is 0. The standard InChI is InChI=1S/C22H18FN3O2/c23-19-8-6-16(7-9-19)20-10-11-21(28-20)22(27)24-14-17-4-1-2-5-18(17)15-26-13-3-12-25-26/h1-13H,14-15H2,(H,24,27). The van der Waals surface area contributed by atoms with E-state index in [-0.39, 0.29) is 17.5 Å². The lowest BCUT2D eigenvalue weighted by Crippen LogP contribution is -2.23. The maximum Gasteiger partial charge on any atom is 0.287 e. The molecule has 6 heteroatoms. The molecule has 4 rings (SSSR count). The van der Waals surface area contributed by atoms with Gasteiger partial charge in [-0.1, -0.05) is 24.3 Å². The van der Waals surface area contributed by atoms with Gasteiger partial charge in [0, 0.05) is 24.5 Å². The Hall–Kier alpha value is -3.67. The van der Waals surface area contributed by atoms with E-state index in [0.29, 0.717) is 24.4 Å². The highest BCUT2D eigenvalue weighted by molar-refractivity contribution is 5.92. The van der Waals surface area contributed by atoms with Gasteiger partial charge >= 0.3 is 0 Å². The van der Waals surface area contributed by atoms with Crippen LogP contribution < -0.4 is 5.32 Å². The third-order valence-electron chi connectivity index (χ3n) is 4.41. The Labute approximate surface area is 161 Å². The van der Waals surface area contributed by atoms with Crippen LogP contribution in [-0.4, -0.2) is 15.7 Å². The van der Waals surface area contributed by atoms with Crippen LogP contribution in [0.25, 0.3) is 11.3 Å². The van der Waals surface area contributed by atoms with Gasteiger partial charge in [-0.25, -0.2) is 4.39 Å². The van der Waals surface area contributed by atoms with Gasteiger partial charge in [0.05, 0.1) is 6.54 Å². The molecule has 0 aliphatic heterocycles. The van der Waals surface area contributed by atoms with E-state index in [4.69, 9.17) is 4.42 Å². The van der Waals surface area contributed by atoms with Crippen molar-refractivity contribution in [1.29, 1.82) is 0 Å². The molecule has 0 spiro atoms. The number of nitrogens with zero attached hydrogens (tertiary/aromatic N) is 2. The van der Waals surface area contributed by atoms with Gasteiger partial charge in [-0.2, -0.15) is 5.10 Å². The lowest BCUT2D eigenvalue weighted by atomic mass is 10.1. The van der Waals surface area contributed by atoms with Gasteiger partial charge in [0.2, 0.25) is 0 Å². The van der Waals surface area contributed by atoms with Crippen molar-refractivity contribution in [3.8, 4) is 11.3 Å². The van der Waals surface area contributed by atoms with Crippen molar-refractivity contribution in [2.24, 2.45) is 0 Å². The van der Waals surface area contributed by atoms with E-state index in [2.05, 4.69) is 10.4 Å². The SMILES string of the molecule is O=C(NCc1ccccc1Cn1cccn1)c1ccc(-c2ccc(F)cc2)o1. The van der Waals surface area contributed by atoms with Crippen LogP contribution >= 0.6 is 0 Å². The molecule has 1 amide bonds. The molecule has 0 saturated heterocycles. The van der Waals surface area contributed by atoms with E-state index in [9.17, 15) is 9.18 Å². The molecule has 0 atom stereocenters. The molecule has 2 heterocycles. The minimum absolute atomic E-state index is 0.212. The van der Waals surface area contributed by atoms with E-state index in [1.807, 2.05) is 41.2 Å². The van der Waals surface area contributed by atoms with Crippen molar-refractivity contribution in [3.05, 3.63) is 102 Å². The summed E-state index contributed by atoms with van der Waals surface area (Å²) in [6, 6.07) is 19.0. The Balaban J connectivity index is 1.43. The average molecular weight is 375 g/mol. The zero-order valence-corrected chi connectivity index (χ0v) is 15.0. The van der Waals surface area contributed by atoms with Crippen LogP contribution in [0.15, 0.2) is 83.5 Å². The first-order chi connectivity index (χ1) is 13.7. The van der Waals surface area contributed by atoms with E-state index >= 15 is 0 Å². The minimum atomic E-state index is -0.318. The van der Waals surface area contributed by atoms with Gasteiger partial charge in [0.1, 0.15) is 11.6 Å². The number of hydrogen-bond donors (Lipinski definition) is 1. The summed E-state index contributed by atoms with van der Waals surface area (Å²) in [6.07, 6.45) is 3.63. The van der Waals surface area contributed by atoms with Crippen molar-refractivity contribution in [2.75, 3.05) is 0 Å². The topological polar surface area (TPSA) is 60.1 Å². The first kappa shape index (κ1) is 17.7. The molecule has 0 bridgehead atoms. The predicted octanol–water partition coefficient (Wildman–Crippen LogP) is 4.26. The second-order valence-corrected chi connectivity index (χ2v) is 6.33. The molecule has 140 valence electrons. The normalized spacial score (nSPS) is 10.8. The van der Waals surface area contributed by atoms with Gasteiger partial charge in [-0.3, -0.25) is 9.48 Å². The fourth-order valence-corrected chi connectivity index (χ4v) is 2.94. The van der Waals surface area contributed by atoms with Gasteiger partial charge in [-0.15, -0.1) is 0 Å². The number of benzene rings is 2. The summed E-state index contributed by atoms with van der Waals surface area (Å²) in [6.45, 7) is 1.01. The van der Waals surface area contributed by atoms with Crippen LogP contribution in [0.4, 0.5) is 4.39 Å². The highest BCUT2D eigenvalue weighted by atomic mass is 19.1. The van der Waals surface area contributed by atoms with Crippen LogP contribution in [-0.2, 0) is 13.1 Å². The third-order valence-corrected chi connectivity index (χ3v) is 4.41. The largest absolute Gasteiger partial charge is 0.451 e. The Kier molecular flexibility index (Phi) is 5.01. The molecule has 0 unspecified atom stereocenters. The average Bonchev–Trinajstić information content (AvgIpc) is 3.40.